The number of carbonyl (C=O) groups excluding carboxylic acids is 2. The highest BCUT2D eigenvalue weighted by molar-refractivity contribution is 6.46. The summed E-state index contributed by atoms with van der Waals surface area (Å²) in [6, 6.07) is 13.1. The Kier molecular flexibility index (Phi) is 6.18. The molecular weight excluding hydrogens is 462 g/mol. The smallest absolute Gasteiger partial charge is 0.296 e. The number of amides is 1. The molecule has 1 aromatic heterocycles. The van der Waals surface area contributed by atoms with Crippen LogP contribution in [0, 0.1) is 0 Å². The predicted molar refractivity (Wildman–Crippen MR) is 131 cm³/mol. The number of ketones is 1. The highest BCUT2D eigenvalue weighted by Crippen LogP contribution is 2.42. The normalized spacial score (nSPS) is 18.3. The molecule has 0 bridgehead atoms. The maximum absolute atomic E-state index is 13.3. The molecule has 1 N–H and O–H groups in total. The summed E-state index contributed by atoms with van der Waals surface area (Å²) in [7, 11) is 0. The molecule has 186 valence electrons. The maximum Gasteiger partial charge on any atom is 0.296 e. The van der Waals surface area contributed by atoms with Gasteiger partial charge in [-0.2, -0.15) is 0 Å². The highest BCUT2D eigenvalue weighted by atomic mass is 16.7. The average molecular weight is 490 g/mol. The van der Waals surface area contributed by atoms with Crippen LogP contribution in [0.5, 0.6) is 17.2 Å². The fourth-order valence-corrected chi connectivity index (χ4v) is 4.61. The number of hydrogen-bond acceptors (Lipinski definition) is 7. The van der Waals surface area contributed by atoms with E-state index in [0.29, 0.717) is 29.4 Å². The van der Waals surface area contributed by atoms with E-state index in [0.717, 1.165) is 16.9 Å². The van der Waals surface area contributed by atoms with E-state index in [1.807, 2.05) is 26.8 Å². The van der Waals surface area contributed by atoms with Crippen molar-refractivity contribution >= 4 is 17.4 Å². The van der Waals surface area contributed by atoms with Crippen molar-refractivity contribution in [1.82, 2.24) is 4.90 Å². The molecule has 8 heteroatoms. The summed E-state index contributed by atoms with van der Waals surface area (Å²) in [6.07, 6.45) is 1.48. The molecule has 2 aliphatic rings. The second-order valence-corrected chi connectivity index (χ2v) is 8.97. The first kappa shape index (κ1) is 23.5. The summed E-state index contributed by atoms with van der Waals surface area (Å²) in [5.41, 5.74) is 2.06. The van der Waals surface area contributed by atoms with Gasteiger partial charge >= 0.3 is 0 Å². The fraction of sp³-hybridized carbons (Fsp3) is 0.286. The number of benzene rings is 2. The molecule has 5 rings (SSSR count). The summed E-state index contributed by atoms with van der Waals surface area (Å²) in [4.78, 5) is 27.9. The monoisotopic (exact) mass is 489 g/mol. The standard InChI is InChI=1S/C28H27NO7/c1-4-33-20-10-8-18(13-19(20)16(2)3)26(30)24-25(22-6-5-11-34-22)29(28(32)27(24)31)14-17-7-9-21-23(12-17)36-15-35-21/h5-13,16,25,30H,4,14-15H2,1-3H3/b26-24-. The largest absolute Gasteiger partial charge is 0.507 e. The van der Waals surface area contributed by atoms with Crippen LogP contribution in [0.1, 0.15) is 55.2 Å². The Labute approximate surface area is 208 Å². The molecule has 1 fully saturated rings. The van der Waals surface area contributed by atoms with Crippen molar-refractivity contribution in [3.63, 3.8) is 0 Å². The van der Waals surface area contributed by atoms with E-state index in [1.165, 1.54) is 11.2 Å². The van der Waals surface area contributed by atoms with E-state index in [4.69, 9.17) is 18.6 Å². The van der Waals surface area contributed by atoms with Crippen LogP contribution < -0.4 is 14.2 Å². The van der Waals surface area contributed by atoms with E-state index in [-0.39, 0.29) is 30.6 Å². The topological polar surface area (TPSA) is 98.4 Å². The zero-order chi connectivity index (χ0) is 25.4. The molecule has 2 aromatic carbocycles. The average Bonchev–Trinajstić information content (AvgIpc) is 3.61. The zero-order valence-electron chi connectivity index (χ0n) is 20.3. The van der Waals surface area contributed by atoms with Crippen LogP contribution in [0.15, 0.2) is 64.8 Å². The van der Waals surface area contributed by atoms with E-state index >= 15 is 0 Å². The number of fused-ring (bicyclic) bond motifs is 1. The summed E-state index contributed by atoms with van der Waals surface area (Å²) < 4.78 is 22.2. The maximum atomic E-state index is 13.3. The number of likely N-dealkylation sites (tertiary alicyclic amines) is 1. The van der Waals surface area contributed by atoms with Gasteiger partial charge in [0.25, 0.3) is 11.7 Å². The van der Waals surface area contributed by atoms with Crippen LogP contribution >= 0.6 is 0 Å². The lowest BCUT2D eigenvalue weighted by atomic mass is 9.95. The Morgan fingerprint density at radius 1 is 1.11 bits per heavy atom. The quantitative estimate of drug-likeness (QED) is 0.278. The number of hydrogen-bond donors (Lipinski definition) is 1. The third kappa shape index (κ3) is 4.08. The van der Waals surface area contributed by atoms with Crippen molar-refractivity contribution in [1.29, 1.82) is 0 Å². The third-order valence-corrected chi connectivity index (χ3v) is 6.35. The molecule has 3 aromatic rings. The summed E-state index contributed by atoms with van der Waals surface area (Å²) >= 11 is 0. The minimum atomic E-state index is -0.889. The first-order chi connectivity index (χ1) is 17.4. The highest BCUT2D eigenvalue weighted by Gasteiger charge is 2.47. The van der Waals surface area contributed by atoms with E-state index < -0.39 is 17.7 Å². The van der Waals surface area contributed by atoms with Gasteiger partial charge in [0, 0.05) is 12.1 Å². The Morgan fingerprint density at radius 2 is 1.92 bits per heavy atom. The molecule has 36 heavy (non-hydrogen) atoms. The molecular formula is C28H27NO7. The van der Waals surface area contributed by atoms with Crippen LogP contribution in [-0.4, -0.2) is 35.1 Å². The molecule has 1 amide bonds. The van der Waals surface area contributed by atoms with Crippen LogP contribution in [0.25, 0.3) is 5.76 Å². The Bertz CT molecular complexity index is 1340. The summed E-state index contributed by atoms with van der Waals surface area (Å²) in [5.74, 6) is 0.678. The lowest BCUT2D eigenvalue weighted by molar-refractivity contribution is -0.140. The number of nitrogens with zero attached hydrogens (tertiary/aromatic N) is 1. The van der Waals surface area contributed by atoms with Crippen LogP contribution in [0.3, 0.4) is 0 Å². The van der Waals surface area contributed by atoms with Crippen molar-refractivity contribution in [3.05, 3.63) is 82.8 Å². The zero-order valence-corrected chi connectivity index (χ0v) is 20.3. The Balaban J connectivity index is 1.58. The minimum Gasteiger partial charge on any atom is -0.507 e. The van der Waals surface area contributed by atoms with E-state index in [1.54, 1.807) is 42.5 Å². The van der Waals surface area contributed by atoms with Gasteiger partial charge in [-0.25, -0.2) is 0 Å². The van der Waals surface area contributed by atoms with Crippen LogP contribution in [-0.2, 0) is 16.1 Å². The Morgan fingerprint density at radius 3 is 2.64 bits per heavy atom. The molecule has 1 unspecified atom stereocenters. The number of carbonyl (C=O) groups is 2. The lowest BCUT2D eigenvalue weighted by Gasteiger charge is -2.23. The van der Waals surface area contributed by atoms with Crippen molar-refractivity contribution in [2.75, 3.05) is 13.4 Å². The number of Topliss-reactive ketones (excluding diaryl/α,β-unsaturated/α-hetero) is 1. The van der Waals surface area contributed by atoms with Gasteiger partial charge in [0.15, 0.2) is 11.5 Å². The number of aliphatic hydroxyl groups excluding tert-OH is 1. The molecule has 0 spiro atoms. The molecule has 2 aliphatic heterocycles. The van der Waals surface area contributed by atoms with E-state index in [9.17, 15) is 14.7 Å². The van der Waals surface area contributed by atoms with Gasteiger partial charge in [-0.3, -0.25) is 9.59 Å². The fourth-order valence-electron chi connectivity index (χ4n) is 4.61. The van der Waals surface area contributed by atoms with Crippen LogP contribution in [0.2, 0.25) is 0 Å². The molecule has 0 radical (unpaired) electrons. The Hall–Kier alpha value is -4.20. The van der Waals surface area contributed by atoms with Gasteiger partial charge in [-0.05, 0) is 66.4 Å². The predicted octanol–water partition coefficient (Wildman–Crippen LogP) is 5.15. The van der Waals surface area contributed by atoms with Crippen molar-refractivity contribution in [3.8, 4) is 17.2 Å². The van der Waals surface area contributed by atoms with Crippen molar-refractivity contribution < 1.29 is 33.3 Å². The van der Waals surface area contributed by atoms with Gasteiger partial charge in [0.1, 0.15) is 23.3 Å². The van der Waals surface area contributed by atoms with Crippen LogP contribution in [0.4, 0.5) is 0 Å². The molecule has 8 nitrogen and oxygen atoms in total. The van der Waals surface area contributed by atoms with Gasteiger partial charge < -0.3 is 28.6 Å². The second-order valence-electron chi connectivity index (χ2n) is 8.97. The molecule has 0 aliphatic carbocycles. The van der Waals surface area contributed by atoms with Crippen molar-refractivity contribution in [2.45, 2.75) is 39.3 Å². The second kappa shape index (κ2) is 9.45. The SMILES string of the molecule is CCOc1ccc(/C(O)=C2/C(=O)C(=O)N(Cc3ccc4c(c3)OCO4)C2c2ccco2)cc1C(C)C. The number of furan rings is 1. The van der Waals surface area contributed by atoms with Gasteiger partial charge in [0.05, 0.1) is 18.4 Å². The number of aliphatic hydroxyl groups is 1. The van der Waals surface area contributed by atoms with Gasteiger partial charge in [-0.1, -0.05) is 19.9 Å². The van der Waals surface area contributed by atoms with E-state index in [2.05, 4.69) is 0 Å². The number of ether oxygens (including phenoxy) is 3. The first-order valence-electron chi connectivity index (χ1n) is 11.9. The summed E-state index contributed by atoms with van der Waals surface area (Å²) in [5, 5.41) is 11.4. The molecule has 3 heterocycles. The molecule has 1 atom stereocenters. The minimum absolute atomic E-state index is 0.0189. The first-order valence-corrected chi connectivity index (χ1v) is 11.9. The summed E-state index contributed by atoms with van der Waals surface area (Å²) in [6.45, 7) is 6.71. The molecule has 1 saturated heterocycles. The third-order valence-electron chi connectivity index (χ3n) is 6.35. The molecule has 0 saturated carbocycles. The lowest BCUT2D eigenvalue weighted by Crippen LogP contribution is -2.29. The number of rotatable bonds is 7. The van der Waals surface area contributed by atoms with Crippen molar-refractivity contribution in [2.24, 2.45) is 0 Å². The van der Waals surface area contributed by atoms with Gasteiger partial charge in [-0.15, -0.1) is 0 Å². The van der Waals surface area contributed by atoms with Gasteiger partial charge in [0.2, 0.25) is 6.79 Å².